The summed E-state index contributed by atoms with van der Waals surface area (Å²) < 4.78 is 84.1. The third-order valence-electron chi connectivity index (χ3n) is 11.1. The zero-order valence-corrected chi connectivity index (χ0v) is 31.6. The van der Waals surface area contributed by atoms with Crippen molar-refractivity contribution in [3.63, 3.8) is 0 Å². The van der Waals surface area contributed by atoms with E-state index in [-0.39, 0.29) is 0 Å². The fraction of sp³-hybridized carbons (Fsp3) is 0. The van der Waals surface area contributed by atoms with Gasteiger partial charge >= 0.3 is 318 Å². The van der Waals surface area contributed by atoms with E-state index in [2.05, 4.69) is 97.1 Å². The Morgan fingerprint density at radius 2 is 0.750 bits per heavy atom. The minimum absolute atomic E-state index is 0.299. The van der Waals surface area contributed by atoms with Gasteiger partial charge in [-0.3, -0.25) is 0 Å². The van der Waals surface area contributed by atoms with Crippen LogP contribution < -0.4 is 17.6 Å². The number of fused-ring (bicyclic) bond motifs is 6. The molecule has 2 nitrogen and oxygen atoms in total. The van der Waals surface area contributed by atoms with E-state index in [0.29, 0.717) is 27.5 Å². The second-order valence-corrected chi connectivity index (χ2v) is 21.9. The summed E-state index contributed by atoms with van der Waals surface area (Å²) in [6, 6.07) is 58.9. The summed E-state index contributed by atoms with van der Waals surface area (Å²) in [4.78, 5) is 0. The first-order valence-electron chi connectivity index (χ1n) is 18.2. The van der Waals surface area contributed by atoms with Gasteiger partial charge in [0.15, 0.2) is 0 Å². The topological polar surface area (TPSA) is 9.86 Å². The Morgan fingerprint density at radius 3 is 1.30 bits per heavy atom. The fourth-order valence-corrected chi connectivity index (χ4v) is 18.7. The molecule has 0 spiro atoms. The Bertz CT molecular complexity index is 3010. The average Bonchev–Trinajstić information content (AvgIpc) is 3.77. The monoisotopic (exact) mass is 802 g/mol. The zero-order chi connectivity index (χ0) is 38.1. The molecule has 0 saturated heterocycles. The molecule has 8 heteroatoms. The van der Waals surface area contributed by atoms with E-state index < -0.39 is 48.0 Å². The average molecular weight is 801 g/mol. The Labute approximate surface area is 320 Å². The normalized spacial score (nSPS) is 12.0. The number of hydrogen-bond acceptors (Lipinski definition) is 0. The predicted octanol–water partition coefficient (Wildman–Crippen LogP) is 9.95. The van der Waals surface area contributed by atoms with Gasteiger partial charge in [-0.2, -0.15) is 0 Å². The van der Waals surface area contributed by atoms with Crippen molar-refractivity contribution in [2.45, 2.75) is 0 Å². The molecule has 0 saturated carbocycles. The molecule has 0 atom stereocenters. The van der Waals surface area contributed by atoms with Crippen molar-refractivity contribution in [2.24, 2.45) is 0 Å². The number of halogens is 5. The van der Waals surface area contributed by atoms with E-state index >= 15 is 8.78 Å². The van der Waals surface area contributed by atoms with Crippen LogP contribution in [0.2, 0.25) is 0 Å². The van der Waals surface area contributed by atoms with Gasteiger partial charge in [0.2, 0.25) is 0 Å². The van der Waals surface area contributed by atoms with Crippen molar-refractivity contribution < 1.29 is 22.0 Å². The van der Waals surface area contributed by atoms with Crippen LogP contribution in [0.1, 0.15) is 0 Å². The Kier molecular flexibility index (Phi) is 7.97. The predicted molar refractivity (Wildman–Crippen MR) is 219 cm³/mol. The molecule has 56 heavy (non-hydrogen) atoms. The van der Waals surface area contributed by atoms with E-state index in [9.17, 15) is 13.2 Å². The molecule has 10 rings (SSSR count). The summed E-state index contributed by atoms with van der Waals surface area (Å²) in [6.45, 7) is 0. The number of nitrogens with zero attached hydrogens (tertiary/aromatic N) is 2. The standard InChI is InChI=1S/C48H29F5GeN2/c49-42-43(50)45(52)48(46(53)44(42)51)56-39-25-13-10-21-34(39)36-23-14-26-41(47(36)56)55-38-24-12-11-22-35(38)37-29-33(27-28-40(37)55)54(30-15-4-1-5-16-30,31-17-6-2-7-18-31)32-19-8-3-9-20-32/h1-29H. The van der Waals surface area contributed by atoms with Crippen molar-refractivity contribution in [3.05, 3.63) is 205 Å². The van der Waals surface area contributed by atoms with Gasteiger partial charge < -0.3 is 0 Å². The van der Waals surface area contributed by atoms with Crippen molar-refractivity contribution in [2.75, 3.05) is 0 Å². The van der Waals surface area contributed by atoms with Gasteiger partial charge in [0, 0.05) is 0 Å². The van der Waals surface area contributed by atoms with Crippen LogP contribution in [0.25, 0.3) is 55.0 Å². The summed E-state index contributed by atoms with van der Waals surface area (Å²) in [5, 5.41) is 3.11. The Morgan fingerprint density at radius 1 is 0.321 bits per heavy atom. The van der Waals surface area contributed by atoms with Crippen LogP contribution in [0.4, 0.5) is 22.0 Å². The second kappa shape index (κ2) is 13.1. The van der Waals surface area contributed by atoms with Crippen LogP contribution in [0.3, 0.4) is 0 Å². The first-order chi connectivity index (χ1) is 27.4. The number of hydrogen-bond donors (Lipinski definition) is 0. The van der Waals surface area contributed by atoms with Crippen LogP contribution in [0.5, 0.6) is 0 Å². The maximum absolute atomic E-state index is 15.8. The molecular formula is C48H29F5GeN2. The Hall–Kier alpha value is -6.45. The molecule has 2 aromatic heterocycles. The van der Waals surface area contributed by atoms with Gasteiger partial charge in [-0.05, 0) is 0 Å². The molecular weight excluding hydrogens is 772 g/mol. The number of para-hydroxylation sites is 3. The van der Waals surface area contributed by atoms with Crippen molar-refractivity contribution in [1.82, 2.24) is 9.13 Å². The molecule has 0 radical (unpaired) electrons. The van der Waals surface area contributed by atoms with Crippen LogP contribution in [-0.2, 0) is 0 Å². The third-order valence-corrected chi connectivity index (χ3v) is 21.1. The molecule has 0 amide bonds. The van der Waals surface area contributed by atoms with Crippen LogP contribution >= 0.6 is 0 Å². The molecule has 0 fully saturated rings. The van der Waals surface area contributed by atoms with E-state index in [0.717, 1.165) is 21.8 Å². The first kappa shape index (κ1) is 34.1. The van der Waals surface area contributed by atoms with Crippen molar-refractivity contribution in [1.29, 1.82) is 0 Å². The fourth-order valence-electron chi connectivity index (χ4n) is 8.73. The summed E-state index contributed by atoms with van der Waals surface area (Å²) in [5.41, 5.74) is 1.72. The van der Waals surface area contributed by atoms with Crippen molar-refractivity contribution in [3.8, 4) is 11.4 Å². The zero-order valence-electron chi connectivity index (χ0n) is 29.5. The van der Waals surface area contributed by atoms with E-state index in [4.69, 9.17) is 0 Å². The van der Waals surface area contributed by atoms with Gasteiger partial charge in [0.25, 0.3) is 0 Å². The number of aromatic nitrogens is 2. The SMILES string of the molecule is Fc1c(F)c(F)c(-n2c3ccccc3c3cccc(-n4c5ccccc5c5c[c]([Ge]([c]6ccccc6)([c]6ccccc6)[c]6ccccc6)ccc54)c32)c(F)c1F. The molecule has 0 N–H and O–H groups in total. The van der Waals surface area contributed by atoms with Crippen LogP contribution in [-0.4, -0.2) is 22.4 Å². The van der Waals surface area contributed by atoms with Crippen molar-refractivity contribution >= 4 is 74.5 Å². The Balaban J connectivity index is 1.33. The molecule has 8 aromatic carbocycles. The molecule has 270 valence electrons. The number of benzene rings is 8. The summed E-state index contributed by atoms with van der Waals surface area (Å²) in [6.07, 6.45) is 0. The molecule has 10 aromatic rings. The van der Waals surface area contributed by atoms with Crippen LogP contribution in [0, 0.1) is 29.1 Å². The van der Waals surface area contributed by atoms with E-state index in [1.54, 1.807) is 30.3 Å². The van der Waals surface area contributed by atoms with Gasteiger partial charge in [-0.25, -0.2) is 4.39 Å². The third kappa shape index (κ3) is 4.80. The molecule has 0 aliphatic rings. The summed E-state index contributed by atoms with van der Waals surface area (Å²) in [5.74, 6) is -10.0. The van der Waals surface area contributed by atoms with E-state index in [1.807, 2.05) is 53.1 Å². The summed E-state index contributed by atoms with van der Waals surface area (Å²) >= 11 is -3.69. The molecule has 0 bridgehead atoms. The quantitative estimate of drug-likeness (QED) is 0.0687. The minimum atomic E-state index is -3.69. The molecule has 0 unspecified atom stereocenters. The van der Waals surface area contributed by atoms with E-state index in [1.165, 1.54) is 22.2 Å². The first-order valence-corrected chi connectivity index (χ1v) is 22.4. The maximum atomic E-state index is 15.8. The molecule has 0 aliphatic heterocycles. The van der Waals surface area contributed by atoms with Gasteiger partial charge in [-0.1, -0.05) is 0 Å². The van der Waals surface area contributed by atoms with Gasteiger partial charge in [0.05, 0.1) is 0 Å². The molecule has 0 aliphatic carbocycles. The second-order valence-electron chi connectivity index (χ2n) is 13.9. The molecule has 2 heterocycles. The van der Waals surface area contributed by atoms with Crippen LogP contribution in [0.15, 0.2) is 176 Å². The number of rotatable bonds is 6. The van der Waals surface area contributed by atoms with Gasteiger partial charge in [0.1, 0.15) is 0 Å². The summed E-state index contributed by atoms with van der Waals surface area (Å²) in [7, 11) is 0. The van der Waals surface area contributed by atoms with Gasteiger partial charge in [-0.15, -0.1) is 0 Å².